The average Bonchev–Trinajstić information content (AvgIpc) is 2.92. The van der Waals surface area contributed by atoms with Crippen LogP contribution in [0, 0.1) is 0 Å². The molecule has 0 aromatic heterocycles. The number of anilines is 1. The number of fused-ring (bicyclic) bond motifs is 1. The smallest absolute Gasteiger partial charge is 0.411 e. The van der Waals surface area contributed by atoms with E-state index in [0.29, 0.717) is 41.0 Å². The van der Waals surface area contributed by atoms with Gasteiger partial charge in [-0.05, 0) is 42.8 Å². The van der Waals surface area contributed by atoms with E-state index in [9.17, 15) is 9.59 Å². The molecule has 1 aliphatic rings. The predicted molar refractivity (Wildman–Crippen MR) is 105 cm³/mol. The topological polar surface area (TPSA) is 85.9 Å². The van der Waals surface area contributed by atoms with Gasteiger partial charge in [-0.25, -0.2) is 4.79 Å². The molecule has 0 radical (unpaired) electrons. The summed E-state index contributed by atoms with van der Waals surface area (Å²) < 4.78 is 16.1. The first-order chi connectivity index (χ1) is 13.6. The van der Waals surface area contributed by atoms with Crippen LogP contribution in [0.2, 0.25) is 5.02 Å². The Labute approximate surface area is 167 Å². The molecule has 2 aromatic carbocycles. The molecule has 0 unspecified atom stereocenters. The Balaban J connectivity index is 1.65. The fourth-order valence-corrected chi connectivity index (χ4v) is 2.98. The van der Waals surface area contributed by atoms with Crippen LogP contribution in [0.3, 0.4) is 0 Å². The van der Waals surface area contributed by atoms with E-state index < -0.39 is 6.09 Å². The van der Waals surface area contributed by atoms with Gasteiger partial charge in [-0.1, -0.05) is 17.7 Å². The number of halogens is 1. The molecule has 0 fully saturated rings. The standard InChI is InChI=1S/C20H21ClN2O5/c1-2-26-20(25)23-15-6-3-5-14(11-15)19(24)22-12-13-9-16(21)18-17(10-13)27-7-4-8-28-18/h3,5-6,9-11H,2,4,7-8,12H2,1H3,(H,22,24)(H,23,25). The quantitative estimate of drug-likeness (QED) is 0.786. The Morgan fingerprint density at radius 2 is 2.00 bits per heavy atom. The number of hydrogen-bond donors (Lipinski definition) is 2. The number of nitrogens with one attached hydrogen (secondary N) is 2. The van der Waals surface area contributed by atoms with E-state index in [-0.39, 0.29) is 19.1 Å². The highest BCUT2D eigenvalue weighted by Gasteiger charge is 2.16. The molecule has 3 rings (SSSR count). The lowest BCUT2D eigenvalue weighted by Gasteiger charge is -2.12. The third kappa shape index (κ3) is 5.07. The highest BCUT2D eigenvalue weighted by Crippen LogP contribution is 2.37. The maximum atomic E-state index is 12.5. The molecule has 0 aliphatic carbocycles. The van der Waals surface area contributed by atoms with Crippen molar-refractivity contribution in [2.45, 2.75) is 19.9 Å². The summed E-state index contributed by atoms with van der Waals surface area (Å²) in [6, 6.07) is 10.2. The Bertz CT molecular complexity index is 872. The number of hydrogen-bond acceptors (Lipinski definition) is 5. The van der Waals surface area contributed by atoms with E-state index in [2.05, 4.69) is 10.6 Å². The van der Waals surface area contributed by atoms with Crippen molar-refractivity contribution in [3.8, 4) is 11.5 Å². The van der Waals surface area contributed by atoms with Gasteiger partial charge in [0.15, 0.2) is 11.5 Å². The second-order valence-corrected chi connectivity index (χ2v) is 6.47. The van der Waals surface area contributed by atoms with Gasteiger partial charge < -0.3 is 19.5 Å². The van der Waals surface area contributed by atoms with Crippen molar-refractivity contribution in [3.05, 3.63) is 52.5 Å². The predicted octanol–water partition coefficient (Wildman–Crippen LogP) is 4.00. The van der Waals surface area contributed by atoms with E-state index in [0.717, 1.165) is 12.0 Å². The molecule has 28 heavy (non-hydrogen) atoms. The van der Waals surface area contributed by atoms with Gasteiger partial charge in [-0.15, -0.1) is 0 Å². The van der Waals surface area contributed by atoms with Crippen molar-refractivity contribution in [3.63, 3.8) is 0 Å². The SMILES string of the molecule is CCOC(=O)Nc1cccc(C(=O)NCc2cc(Cl)c3c(c2)OCCCO3)c1. The van der Waals surface area contributed by atoms with Gasteiger partial charge in [0.25, 0.3) is 5.91 Å². The van der Waals surface area contributed by atoms with Gasteiger partial charge in [-0.2, -0.15) is 0 Å². The lowest BCUT2D eigenvalue weighted by molar-refractivity contribution is 0.0950. The van der Waals surface area contributed by atoms with Crippen molar-refractivity contribution < 1.29 is 23.8 Å². The van der Waals surface area contributed by atoms with Crippen LogP contribution in [0.5, 0.6) is 11.5 Å². The van der Waals surface area contributed by atoms with Crippen LogP contribution in [0.4, 0.5) is 10.5 Å². The van der Waals surface area contributed by atoms with Gasteiger partial charge in [0.1, 0.15) is 0 Å². The molecule has 1 heterocycles. The van der Waals surface area contributed by atoms with Gasteiger partial charge in [0.05, 0.1) is 24.8 Å². The minimum atomic E-state index is -0.568. The summed E-state index contributed by atoms with van der Waals surface area (Å²) in [5.74, 6) is 0.831. The zero-order chi connectivity index (χ0) is 19.9. The van der Waals surface area contributed by atoms with Gasteiger partial charge in [0.2, 0.25) is 0 Å². The summed E-state index contributed by atoms with van der Waals surface area (Å²) in [6.07, 6.45) is 0.217. The third-order valence-electron chi connectivity index (χ3n) is 3.96. The lowest BCUT2D eigenvalue weighted by atomic mass is 10.1. The lowest BCUT2D eigenvalue weighted by Crippen LogP contribution is -2.23. The third-order valence-corrected chi connectivity index (χ3v) is 4.24. The first kappa shape index (κ1) is 19.8. The molecule has 0 spiro atoms. The van der Waals surface area contributed by atoms with Crippen molar-refractivity contribution >= 4 is 29.3 Å². The molecule has 0 bridgehead atoms. The molecule has 0 saturated carbocycles. The van der Waals surface area contributed by atoms with E-state index in [1.165, 1.54) is 0 Å². The van der Waals surface area contributed by atoms with Crippen LogP contribution >= 0.6 is 11.6 Å². The van der Waals surface area contributed by atoms with E-state index in [4.69, 9.17) is 25.8 Å². The Morgan fingerprint density at radius 3 is 2.82 bits per heavy atom. The fourth-order valence-electron chi connectivity index (χ4n) is 2.69. The highest BCUT2D eigenvalue weighted by atomic mass is 35.5. The maximum Gasteiger partial charge on any atom is 0.411 e. The summed E-state index contributed by atoms with van der Waals surface area (Å²) in [6.45, 7) is 3.36. The molecular weight excluding hydrogens is 384 g/mol. The molecule has 2 N–H and O–H groups in total. The minimum absolute atomic E-state index is 0.268. The maximum absolute atomic E-state index is 12.5. The number of benzene rings is 2. The molecule has 7 nitrogen and oxygen atoms in total. The summed E-state index contributed by atoms with van der Waals surface area (Å²) in [5, 5.41) is 5.85. The summed E-state index contributed by atoms with van der Waals surface area (Å²) in [7, 11) is 0. The monoisotopic (exact) mass is 404 g/mol. The minimum Gasteiger partial charge on any atom is -0.489 e. The largest absolute Gasteiger partial charge is 0.489 e. The number of carbonyl (C=O) groups is 2. The normalized spacial score (nSPS) is 12.6. The Morgan fingerprint density at radius 1 is 1.18 bits per heavy atom. The molecule has 2 amide bonds. The van der Waals surface area contributed by atoms with Crippen molar-refractivity contribution in [1.82, 2.24) is 5.32 Å². The van der Waals surface area contributed by atoms with Crippen LogP contribution < -0.4 is 20.1 Å². The van der Waals surface area contributed by atoms with Crippen LogP contribution in [-0.4, -0.2) is 31.8 Å². The number of rotatable bonds is 5. The molecule has 0 saturated heterocycles. The van der Waals surface area contributed by atoms with Gasteiger partial charge in [0, 0.05) is 24.2 Å². The Hall–Kier alpha value is -2.93. The highest BCUT2D eigenvalue weighted by molar-refractivity contribution is 6.32. The van der Waals surface area contributed by atoms with Crippen LogP contribution in [-0.2, 0) is 11.3 Å². The molecule has 8 heteroatoms. The molecule has 148 valence electrons. The van der Waals surface area contributed by atoms with Gasteiger partial charge >= 0.3 is 6.09 Å². The first-order valence-electron chi connectivity index (χ1n) is 8.97. The zero-order valence-corrected chi connectivity index (χ0v) is 16.2. The second kappa shape index (κ2) is 9.32. The molecule has 1 aliphatic heterocycles. The second-order valence-electron chi connectivity index (χ2n) is 6.06. The molecule has 2 aromatic rings. The van der Waals surface area contributed by atoms with E-state index in [1.807, 2.05) is 6.07 Å². The van der Waals surface area contributed by atoms with E-state index >= 15 is 0 Å². The first-order valence-corrected chi connectivity index (χ1v) is 9.34. The zero-order valence-electron chi connectivity index (χ0n) is 15.4. The van der Waals surface area contributed by atoms with Gasteiger partial charge in [-0.3, -0.25) is 10.1 Å². The van der Waals surface area contributed by atoms with Crippen LogP contribution in [0.1, 0.15) is 29.3 Å². The molecular formula is C20H21ClN2O5. The van der Waals surface area contributed by atoms with Crippen molar-refractivity contribution in [2.75, 3.05) is 25.1 Å². The van der Waals surface area contributed by atoms with Crippen molar-refractivity contribution in [1.29, 1.82) is 0 Å². The van der Waals surface area contributed by atoms with Crippen LogP contribution in [0.25, 0.3) is 0 Å². The molecule has 0 atom stereocenters. The van der Waals surface area contributed by atoms with Crippen molar-refractivity contribution in [2.24, 2.45) is 0 Å². The summed E-state index contributed by atoms with van der Waals surface area (Å²) in [5.41, 5.74) is 1.68. The number of amides is 2. The Kier molecular flexibility index (Phi) is 6.60. The average molecular weight is 405 g/mol. The number of ether oxygens (including phenoxy) is 3. The fraction of sp³-hybridized carbons (Fsp3) is 0.300. The summed E-state index contributed by atoms with van der Waals surface area (Å²) in [4.78, 5) is 24.0. The van der Waals surface area contributed by atoms with Crippen LogP contribution in [0.15, 0.2) is 36.4 Å². The number of carbonyl (C=O) groups excluding carboxylic acids is 2. The summed E-state index contributed by atoms with van der Waals surface area (Å²) >= 11 is 6.28. The van der Waals surface area contributed by atoms with E-state index in [1.54, 1.807) is 37.3 Å².